The van der Waals surface area contributed by atoms with Crippen molar-refractivity contribution in [2.45, 2.75) is 51.8 Å². The molecule has 0 spiro atoms. The number of phenolic OH excluding ortho intramolecular Hbond substituents is 1. The van der Waals surface area contributed by atoms with Crippen LogP contribution in [0.15, 0.2) is 54.6 Å². The van der Waals surface area contributed by atoms with E-state index in [-0.39, 0.29) is 38.3 Å². The number of likely N-dealkylation sites (tertiary alicyclic amines) is 1. The average molecular weight is 580 g/mol. The number of carbonyl (C=O) groups excluding carboxylic acids is 3. The maximum atomic E-state index is 13.9. The number of hydrogen-bond acceptors (Lipinski definition) is 9. The summed E-state index contributed by atoms with van der Waals surface area (Å²) in [7, 11) is 1.25. The molecule has 3 atom stereocenters. The molecule has 3 aromatic rings. The maximum Gasteiger partial charge on any atom is 0.407 e. The number of esters is 1. The normalized spacial score (nSPS) is 17.5. The maximum absolute atomic E-state index is 13.9. The number of carbonyl (C=O) groups is 3. The van der Waals surface area contributed by atoms with Crippen LogP contribution >= 0.6 is 0 Å². The van der Waals surface area contributed by atoms with Crippen molar-refractivity contribution in [3.05, 3.63) is 54.6 Å². The second-order valence-corrected chi connectivity index (χ2v) is 11.2. The van der Waals surface area contributed by atoms with Crippen molar-refractivity contribution in [1.29, 1.82) is 0 Å². The van der Waals surface area contributed by atoms with Gasteiger partial charge in [-0.25, -0.2) is 14.6 Å². The van der Waals surface area contributed by atoms with E-state index in [4.69, 9.17) is 24.3 Å². The Labute approximate surface area is 244 Å². The number of rotatable bonds is 9. The highest BCUT2D eigenvalue weighted by Gasteiger charge is 2.46. The van der Waals surface area contributed by atoms with Crippen molar-refractivity contribution < 1.29 is 38.8 Å². The summed E-state index contributed by atoms with van der Waals surface area (Å²) >= 11 is 0. The Bertz CT molecular complexity index is 1440. The molecule has 3 N–H and O–H groups in total. The first-order valence-corrected chi connectivity index (χ1v) is 13.8. The lowest BCUT2D eigenvalue weighted by Gasteiger charge is -2.34. The Morgan fingerprint density at radius 2 is 1.88 bits per heavy atom. The molecule has 11 heteroatoms. The molecule has 42 heavy (non-hydrogen) atoms. The number of alkyl carbamates (subject to hydrolysis) is 1. The molecule has 224 valence electrons. The lowest BCUT2D eigenvalue weighted by molar-refractivity contribution is -0.152. The minimum atomic E-state index is -1.02. The van der Waals surface area contributed by atoms with Gasteiger partial charge < -0.3 is 34.6 Å². The van der Waals surface area contributed by atoms with Crippen LogP contribution < -0.4 is 10.1 Å². The average Bonchev–Trinajstić information content (AvgIpc) is 3.38. The molecule has 0 aliphatic carbocycles. The zero-order valence-electron chi connectivity index (χ0n) is 24.2. The van der Waals surface area contributed by atoms with Gasteiger partial charge in [-0.3, -0.25) is 4.79 Å². The molecule has 4 rings (SSSR count). The largest absolute Gasteiger partial charge is 0.508 e. The number of aliphatic hydroxyl groups excluding tert-OH is 1. The number of amides is 2. The molecule has 1 aliphatic heterocycles. The van der Waals surface area contributed by atoms with Crippen molar-refractivity contribution in [3.63, 3.8) is 0 Å². The van der Waals surface area contributed by atoms with Gasteiger partial charge in [0.15, 0.2) is 0 Å². The van der Waals surface area contributed by atoms with Crippen LogP contribution in [0.25, 0.3) is 22.0 Å². The van der Waals surface area contributed by atoms with E-state index in [1.165, 1.54) is 12.0 Å². The van der Waals surface area contributed by atoms with E-state index in [9.17, 15) is 19.5 Å². The predicted molar refractivity (Wildman–Crippen MR) is 155 cm³/mol. The molecule has 1 aromatic heterocycles. The van der Waals surface area contributed by atoms with Crippen LogP contribution in [-0.2, 0) is 19.1 Å². The first-order valence-electron chi connectivity index (χ1n) is 13.8. The monoisotopic (exact) mass is 579 g/mol. The molecule has 2 heterocycles. The number of nitrogens with one attached hydrogen (secondary N) is 1. The second kappa shape index (κ2) is 13.1. The van der Waals surface area contributed by atoms with E-state index in [1.807, 2.05) is 36.4 Å². The zero-order valence-corrected chi connectivity index (χ0v) is 24.2. The number of ether oxygens (including phenoxy) is 3. The van der Waals surface area contributed by atoms with Gasteiger partial charge >= 0.3 is 12.1 Å². The lowest BCUT2D eigenvalue weighted by Crippen LogP contribution is -2.57. The van der Waals surface area contributed by atoms with Crippen LogP contribution in [0.5, 0.6) is 11.6 Å². The SMILES string of the molecule is COC(=O)C1CC(Oc2nc3ccccc3cc2-c2cccc(O)c2)CN1C(=O)C(NC(=O)OCCCO)C(C)(C)C. The molecule has 11 nitrogen and oxygen atoms in total. The molecule has 0 bridgehead atoms. The number of benzene rings is 2. The summed E-state index contributed by atoms with van der Waals surface area (Å²) in [5.41, 5.74) is 1.30. The smallest absolute Gasteiger partial charge is 0.407 e. The van der Waals surface area contributed by atoms with Crippen molar-refractivity contribution in [1.82, 2.24) is 15.2 Å². The van der Waals surface area contributed by atoms with Crippen LogP contribution in [0.2, 0.25) is 0 Å². The highest BCUT2D eigenvalue weighted by Crippen LogP contribution is 2.36. The number of methoxy groups -OCH3 is 1. The van der Waals surface area contributed by atoms with E-state index in [0.29, 0.717) is 22.5 Å². The number of phenols is 1. The number of aromatic nitrogens is 1. The summed E-state index contributed by atoms with van der Waals surface area (Å²) in [6.45, 7) is 5.28. The Kier molecular flexibility index (Phi) is 9.52. The van der Waals surface area contributed by atoms with Gasteiger partial charge in [0, 0.05) is 30.4 Å². The third-order valence-corrected chi connectivity index (χ3v) is 7.05. The fourth-order valence-electron chi connectivity index (χ4n) is 4.92. The Morgan fingerprint density at radius 3 is 2.57 bits per heavy atom. The van der Waals surface area contributed by atoms with Crippen LogP contribution in [-0.4, -0.2) is 83.1 Å². The first kappa shape index (κ1) is 30.6. The van der Waals surface area contributed by atoms with Crippen molar-refractivity contribution >= 4 is 28.9 Å². The minimum absolute atomic E-state index is 0.00190. The van der Waals surface area contributed by atoms with E-state index in [2.05, 4.69) is 5.32 Å². The fourth-order valence-corrected chi connectivity index (χ4v) is 4.92. The molecular weight excluding hydrogens is 542 g/mol. The number of nitrogens with zero attached hydrogens (tertiary/aromatic N) is 2. The van der Waals surface area contributed by atoms with Gasteiger partial charge in [0.2, 0.25) is 11.8 Å². The quantitative estimate of drug-likeness (QED) is 0.255. The number of aromatic hydroxyl groups is 1. The van der Waals surface area contributed by atoms with Crippen molar-refractivity contribution in [3.8, 4) is 22.8 Å². The summed E-state index contributed by atoms with van der Waals surface area (Å²) in [6, 6.07) is 14.2. The highest BCUT2D eigenvalue weighted by molar-refractivity contribution is 5.91. The molecule has 0 radical (unpaired) electrons. The number of para-hydroxylation sites is 1. The zero-order chi connectivity index (χ0) is 30.4. The number of fused-ring (bicyclic) bond motifs is 1. The van der Waals surface area contributed by atoms with Gasteiger partial charge in [0.25, 0.3) is 0 Å². The first-order chi connectivity index (χ1) is 20.0. The van der Waals surface area contributed by atoms with Crippen LogP contribution in [0.4, 0.5) is 4.79 Å². The number of hydrogen-bond donors (Lipinski definition) is 3. The van der Waals surface area contributed by atoms with E-state index < -0.39 is 41.6 Å². The lowest BCUT2D eigenvalue weighted by atomic mass is 9.85. The molecule has 1 fully saturated rings. The topological polar surface area (TPSA) is 148 Å². The van der Waals surface area contributed by atoms with E-state index in [0.717, 1.165) is 5.39 Å². The van der Waals surface area contributed by atoms with Crippen LogP contribution in [0.3, 0.4) is 0 Å². The Balaban J connectivity index is 1.63. The molecule has 1 saturated heterocycles. The molecule has 1 aliphatic rings. The van der Waals surface area contributed by atoms with Crippen LogP contribution in [0, 0.1) is 5.41 Å². The molecule has 0 saturated carbocycles. The van der Waals surface area contributed by atoms with E-state index >= 15 is 0 Å². The Morgan fingerprint density at radius 1 is 1.12 bits per heavy atom. The van der Waals surface area contributed by atoms with E-state index in [1.54, 1.807) is 39.0 Å². The summed E-state index contributed by atoms with van der Waals surface area (Å²) < 4.78 is 16.5. The van der Waals surface area contributed by atoms with Crippen molar-refractivity contribution in [2.75, 3.05) is 26.9 Å². The molecular formula is C31H37N3O8. The second-order valence-electron chi connectivity index (χ2n) is 11.2. The van der Waals surface area contributed by atoms with Gasteiger partial charge in [0.05, 0.1) is 25.8 Å². The standard InChI is InChI=1S/C31H37N3O8/c1-31(2,3)26(33-30(39)41-14-8-13-35)28(37)34-18-22(17-25(34)29(38)40-4)42-27-23(19-10-7-11-21(36)15-19)16-20-9-5-6-12-24(20)32-27/h5-7,9-12,15-16,22,25-26,35-36H,8,13-14,17-18H2,1-4H3,(H,33,39). The predicted octanol–water partition coefficient (Wildman–Crippen LogP) is 3.65. The van der Waals surface area contributed by atoms with Gasteiger partial charge in [-0.2, -0.15) is 0 Å². The number of aliphatic hydroxyl groups is 1. The van der Waals surface area contributed by atoms with Gasteiger partial charge in [-0.05, 0) is 35.2 Å². The third-order valence-electron chi connectivity index (χ3n) is 7.05. The molecule has 2 amide bonds. The molecule has 3 unspecified atom stereocenters. The molecule has 2 aromatic carbocycles. The summed E-state index contributed by atoms with van der Waals surface area (Å²) in [5, 5.41) is 22.6. The van der Waals surface area contributed by atoms with Crippen LogP contribution in [0.1, 0.15) is 33.6 Å². The van der Waals surface area contributed by atoms with Gasteiger partial charge in [-0.1, -0.05) is 51.1 Å². The third kappa shape index (κ3) is 7.09. The Hall–Kier alpha value is -4.38. The minimum Gasteiger partial charge on any atom is -0.508 e. The number of pyridine rings is 1. The van der Waals surface area contributed by atoms with Gasteiger partial charge in [0.1, 0.15) is 23.9 Å². The fraction of sp³-hybridized carbons (Fsp3) is 0.419. The summed E-state index contributed by atoms with van der Waals surface area (Å²) in [6.07, 6.45) is -1.01. The highest BCUT2D eigenvalue weighted by atomic mass is 16.5. The van der Waals surface area contributed by atoms with Crippen molar-refractivity contribution in [2.24, 2.45) is 5.41 Å². The van der Waals surface area contributed by atoms with Gasteiger partial charge in [-0.15, -0.1) is 0 Å². The summed E-state index contributed by atoms with van der Waals surface area (Å²) in [4.78, 5) is 45.3. The summed E-state index contributed by atoms with van der Waals surface area (Å²) in [5.74, 6) is -0.708.